The SMILES string of the molecule is CCNC(=NCC1CCCOC1c1ccccc1)NC1CCN(Cc2ccccc2)CC1. The van der Waals surface area contributed by atoms with Crippen LogP contribution in [0.25, 0.3) is 0 Å². The fourth-order valence-electron chi connectivity index (χ4n) is 4.84. The summed E-state index contributed by atoms with van der Waals surface area (Å²) < 4.78 is 6.16. The van der Waals surface area contributed by atoms with Crippen LogP contribution in [-0.2, 0) is 11.3 Å². The Morgan fingerprint density at radius 3 is 2.44 bits per heavy atom. The van der Waals surface area contributed by atoms with Crippen molar-refractivity contribution in [2.45, 2.75) is 51.3 Å². The Kier molecular flexibility index (Phi) is 8.57. The number of nitrogens with zero attached hydrogens (tertiary/aromatic N) is 2. The second-order valence-corrected chi connectivity index (χ2v) is 9.00. The molecule has 2 aromatic rings. The fourth-order valence-corrected chi connectivity index (χ4v) is 4.84. The molecule has 2 N–H and O–H groups in total. The molecule has 2 aliphatic rings. The summed E-state index contributed by atoms with van der Waals surface area (Å²) >= 11 is 0. The molecule has 0 aliphatic carbocycles. The molecule has 32 heavy (non-hydrogen) atoms. The normalized spacial score (nSPS) is 23.1. The summed E-state index contributed by atoms with van der Waals surface area (Å²) in [6.07, 6.45) is 4.73. The zero-order chi connectivity index (χ0) is 22.0. The maximum Gasteiger partial charge on any atom is 0.191 e. The molecule has 2 atom stereocenters. The smallest absolute Gasteiger partial charge is 0.191 e. The lowest BCUT2D eigenvalue weighted by Crippen LogP contribution is -2.48. The van der Waals surface area contributed by atoms with E-state index in [-0.39, 0.29) is 6.10 Å². The number of nitrogens with one attached hydrogen (secondary N) is 2. The first-order chi connectivity index (χ1) is 15.8. The molecule has 2 unspecified atom stereocenters. The van der Waals surface area contributed by atoms with Crippen LogP contribution in [-0.4, -0.2) is 49.7 Å². The first-order valence-corrected chi connectivity index (χ1v) is 12.3. The quantitative estimate of drug-likeness (QED) is 0.502. The number of aliphatic imine (C=N–C) groups is 1. The summed E-state index contributed by atoms with van der Waals surface area (Å²) in [6, 6.07) is 21.9. The van der Waals surface area contributed by atoms with Gasteiger partial charge in [0.25, 0.3) is 0 Å². The van der Waals surface area contributed by atoms with Crippen molar-refractivity contribution in [2.24, 2.45) is 10.9 Å². The first-order valence-electron chi connectivity index (χ1n) is 12.3. The second kappa shape index (κ2) is 12.0. The number of hydrogen-bond donors (Lipinski definition) is 2. The van der Waals surface area contributed by atoms with Crippen LogP contribution in [0, 0.1) is 5.92 Å². The Labute approximate surface area is 193 Å². The largest absolute Gasteiger partial charge is 0.373 e. The lowest BCUT2D eigenvalue weighted by atomic mass is 9.89. The third-order valence-electron chi connectivity index (χ3n) is 6.58. The lowest BCUT2D eigenvalue weighted by molar-refractivity contribution is -0.0250. The number of ether oxygens (including phenoxy) is 1. The first kappa shape index (κ1) is 22.8. The van der Waals surface area contributed by atoms with Crippen LogP contribution < -0.4 is 10.6 Å². The lowest BCUT2D eigenvalue weighted by Gasteiger charge is -2.33. The summed E-state index contributed by atoms with van der Waals surface area (Å²) in [5, 5.41) is 7.17. The van der Waals surface area contributed by atoms with Crippen molar-refractivity contribution in [3.63, 3.8) is 0 Å². The molecule has 2 aromatic carbocycles. The molecule has 4 rings (SSSR count). The van der Waals surface area contributed by atoms with Gasteiger partial charge in [0.2, 0.25) is 0 Å². The molecule has 5 nitrogen and oxygen atoms in total. The molecule has 5 heteroatoms. The summed E-state index contributed by atoms with van der Waals surface area (Å²) in [5.41, 5.74) is 2.67. The van der Waals surface area contributed by atoms with Gasteiger partial charge in [0.1, 0.15) is 0 Å². The highest BCUT2D eigenvalue weighted by Crippen LogP contribution is 2.33. The van der Waals surface area contributed by atoms with E-state index in [9.17, 15) is 0 Å². The van der Waals surface area contributed by atoms with Crippen LogP contribution in [0.15, 0.2) is 65.7 Å². The Hall–Kier alpha value is -2.37. The van der Waals surface area contributed by atoms with Crippen molar-refractivity contribution in [1.29, 1.82) is 0 Å². The molecule has 2 aliphatic heterocycles. The monoisotopic (exact) mass is 434 g/mol. The highest BCUT2D eigenvalue weighted by atomic mass is 16.5. The minimum atomic E-state index is 0.151. The van der Waals surface area contributed by atoms with Crippen LogP contribution in [0.2, 0.25) is 0 Å². The topological polar surface area (TPSA) is 48.9 Å². The van der Waals surface area contributed by atoms with Crippen molar-refractivity contribution in [3.8, 4) is 0 Å². The van der Waals surface area contributed by atoms with Crippen LogP contribution in [0.4, 0.5) is 0 Å². The summed E-state index contributed by atoms with van der Waals surface area (Å²) in [6.45, 7) is 7.95. The average Bonchev–Trinajstić information content (AvgIpc) is 2.85. The number of piperidine rings is 1. The second-order valence-electron chi connectivity index (χ2n) is 9.00. The Balaban J connectivity index is 1.30. The van der Waals surface area contributed by atoms with E-state index in [0.717, 1.165) is 64.6 Å². The van der Waals surface area contributed by atoms with Gasteiger partial charge in [0.05, 0.1) is 6.10 Å². The minimum Gasteiger partial charge on any atom is -0.373 e. The van der Waals surface area contributed by atoms with Gasteiger partial charge < -0.3 is 15.4 Å². The van der Waals surface area contributed by atoms with Crippen LogP contribution >= 0.6 is 0 Å². The van der Waals surface area contributed by atoms with Crippen molar-refractivity contribution in [2.75, 3.05) is 32.8 Å². The van der Waals surface area contributed by atoms with E-state index in [1.54, 1.807) is 0 Å². The van der Waals surface area contributed by atoms with Gasteiger partial charge in [-0.25, -0.2) is 0 Å². The number of rotatable bonds is 7. The highest BCUT2D eigenvalue weighted by Gasteiger charge is 2.27. The predicted molar refractivity (Wildman–Crippen MR) is 132 cm³/mol. The van der Waals surface area contributed by atoms with Gasteiger partial charge in [-0.05, 0) is 43.7 Å². The third kappa shape index (κ3) is 6.57. The average molecular weight is 435 g/mol. The number of benzene rings is 2. The van der Waals surface area contributed by atoms with Crippen molar-refractivity contribution in [1.82, 2.24) is 15.5 Å². The standard InChI is InChI=1S/C27H38N4O/c1-2-28-27(29-20-24-14-9-19-32-26(24)23-12-7-4-8-13-23)30-25-15-17-31(18-16-25)21-22-10-5-3-6-11-22/h3-8,10-13,24-26H,2,9,14-21H2,1H3,(H2,28,29,30). The van der Waals surface area contributed by atoms with Gasteiger partial charge in [-0.2, -0.15) is 0 Å². The Morgan fingerprint density at radius 2 is 1.72 bits per heavy atom. The Bertz CT molecular complexity index is 818. The molecule has 0 bridgehead atoms. The third-order valence-corrected chi connectivity index (χ3v) is 6.58. The van der Waals surface area contributed by atoms with E-state index in [4.69, 9.17) is 9.73 Å². The molecule has 0 saturated carbocycles. The van der Waals surface area contributed by atoms with E-state index in [1.165, 1.54) is 17.5 Å². The zero-order valence-corrected chi connectivity index (χ0v) is 19.4. The van der Waals surface area contributed by atoms with Gasteiger partial charge in [-0.15, -0.1) is 0 Å². The molecule has 172 valence electrons. The van der Waals surface area contributed by atoms with E-state index < -0.39 is 0 Å². The number of guanidine groups is 1. The van der Waals surface area contributed by atoms with Crippen molar-refractivity contribution in [3.05, 3.63) is 71.8 Å². The van der Waals surface area contributed by atoms with Crippen molar-refractivity contribution >= 4 is 5.96 Å². The van der Waals surface area contributed by atoms with Gasteiger partial charge in [-0.1, -0.05) is 60.7 Å². The molecule has 0 aromatic heterocycles. The molecule has 0 spiro atoms. The predicted octanol–water partition coefficient (Wildman–Crippen LogP) is 4.37. The van der Waals surface area contributed by atoms with Crippen LogP contribution in [0.1, 0.15) is 49.8 Å². The highest BCUT2D eigenvalue weighted by molar-refractivity contribution is 5.80. The molecular formula is C27H38N4O. The molecule has 2 heterocycles. The van der Waals surface area contributed by atoms with Gasteiger partial charge in [-0.3, -0.25) is 9.89 Å². The van der Waals surface area contributed by atoms with Crippen LogP contribution in [0.3, 0.4) is 0 Å². The van der Waals surface area contributed by atoms with Gasteiger partial charge in [0.15, 0.2) is 5.96 Å². The minimum absolute atomic E-state index is 0.151. The summed E-state index contributed by atoms with van der Waals surface area (Å²) in [7, 11) is 0. The van der Waals surface area contributed by atoms with E-state index in [2.05, 4.69) is 83.1 Å². The summed E-state index contributed by atoms with van der Waals surface area (Å²) in [5.74, 6) is 1.38. The van der Waals surface area contributed by atoms with Gasteiger partial charge >= 0.3 is 0 Å². The fraction of sp³-hybridized carbons (Fsp3) is 0.519. The van der Waals surface area contributed by atoms with Crippen LogP contribution in [0.5, 0.6) is 0 Å². The molecule has 0 amide bonds. The maximum atomic E-state index is 6.16. The Morgan fingerprint density at radius 1 is 1.00 bits per heavy atom. The van der Waals surface area contributed by atoms with E-state index in [1.807, 2.05) is 0 Å². The summed E-state index contributed by atoms with van der Waals surface area (Å²) in [4.78, 5) is 7.55. The maximum absolute atomic E-state index is 6.16. The molecular weight excluding hydrogens is 396 g/mol. The van der Waals surface area contributed by atoms with E-state index in [0.29, 0.717) is 12.0 Å². The number of hydrogen-bond acceptors (Lipinski definition) is 3. The zero-order valence-electron chi connectivity index (χ0n) is 19.4. The molecule has 2 saturated heterocycles. The molecule has 0 radical (unpaired) electrons. The van der Waals surface area contributed by atoms with Crippen molar-refractivity contribution < 1.29 is 4.74 Å². The molecule has 2 fully saturated rings. The van der Waals surface area contributed by atoms with E-state index >= 15 is 0 Å². The van der Waals surface area contributed by atoms with Gasteiger partial charge in [0, 0.05) is 51.3 Å². The number of likely N-dealkylation sites (tertiary alicyclic amines) is 1.